The van der Waals surface area contributed by atoms with Crippen molar-refractivity contribution in [3.63, 3.8) is 0 Å². The molecule has 14 heteroatoms. The zero-order valence-corrected chi connectivity index (χ0v) is 20.7. The highest BCUT2D eigenvalue weighted by Gasteiger charge is 2.34. The van der Waals surface area contributed by atoms with Crippen LogP contribution in [0.15, 0.2) is 58.4 Å². The predicted octanol–water partition coefficient (Wildman–Crippen LogP) is 3.62. The number of pyridine rings is 2. The van der Waals surface area contributed by atoms with Gasteiger partial charge in [0.1, 0.15) is 34.3 Å². The summed E-state index contributed by atoms with van der Waals surface area (Å²) in [5.41, 5.74) is -1.58. The molecule has 0 spiro atoms. The van der Waals surface area contributed by atoms with Crippen molar-refractivity contribution in [1.29, 1.82) is 0 Å². The van der Waals surface area contributed by atoms with Gasteiger partial charge in [0, 0.05) is 18.3 Å². The molecule has 0 bridgehead atoms. The summed E-state index contributed by atoms with van der Waals surface area (Å²) < 4.78 is 64.4. The maximum atomic E-state index is 14.0. The molecule has 1 aromatic carbocycles. The Bertz CT molecular complexity index is 1900. The van der Waals surface area contributed by atoms with E-state index in [1.165, 1.54) is 47.0 Å². The molecule has 0 N–H and O–H groups in total. The number of alkyl halides is 2. The van der Waals surface area contributed by atoms with E-state index >= 15 is 0 Å². The Balaban J connectivity index is 1.73. The second-order valence-electron chi connectivity index (χ2n) is 8.87. The van der Waals surface area contributed by atoms with E-state index in [2.05, 4.69) is 9.97 Å². The van der Waals surface area contributed by atoms with Crippen LogP contribution in [-0.2, 0) is 0 Å². The minimum absolute atomic E-state index is 0.0185. The highest BCUT2D eigenvalue weighted by atomic mass is 35.5. The van der Waals surface area contributed by atoms with Crippen molar-refractivity contribution in [2.75, 3.05) is 25.1 Å². The van der Waals surface area contributed by atoms with Gasteiger partial charge in [0.05, 0.1) is 42.6 Å². The first-order valence-electron chi connectivity index (χ1n) is 11.6. The second-order valence-corrected chi connectivity index (χ2v) is 9.27. The number of imidazole rings is 1. The van der Waals surface area contributed by atoms with Crippen LogP contribution >= 0.6 is 11.6 Å². The summed E-state index contributed by atoms with van der Waals surface area (Å²) >= 11 is 6.02. The van der Waals surface area contributed by atoms with Crippen molar-refractivity contribution in [3.05, 3.63) is 86.3 Å². The van der Waals surface area contributed by atoms with E-state index < -0.39 is 35.2 Å². The lowest BCUT2D eigenvalue weighted by Crippen LogP contribution is -2.39. The largest absolute Gasteiger partial charge is 0.480 e. The summed E-state index contributed by atoms with van der Waals surface area (Å²) in [6.45, 7) is -0.601. The standard InChI is InChI=1S/C25H17ClF4N6O3/c1-39-23-22-18(8-20(32-23)33-10-16(29)17(30)11-33)35(13-2-3-15(28)14(26)7-13)25(38)36(24(22)37)21-9-31-19-6-12(27)4-5-34(19)21/h2-9,16-17H,10-11H2,1H3/t16-,17-/m0/s1. The molecular weight excluding hydrogens is 544 g/mol. The molecule has 5 heterocycles. The SMILES string of the molecule is COc1nc(N2C[C@H](F)[C@@H](F)C2)cc2c1c(=O)n(-c1cnc3cc(F)ccn13)c(=O)n2-c1ccc(F)c(Cl)c1. The average Bonchev–Trinajstić information content (AvgIpc) is 3.47. The molecule has 1 aliphatic heterocycles. The maximum absolute atomic E-state index is 14.0. The van der Waals surface area contributed by atoms with Gasteiger partial charge in [-0.2, -0.15) is 4.98 Å². The maximum Gasteiger partial charge on any atom is 0.342 e. The predicted molar refractivity (Wildman–Crippen MR) is 135 cm³/mol. The summed E-state index contributed by atoms with van der Waals surface area (Å²) in [7, 11) is 1.25. The molecule has 0 unspecified atom stereocenters. The zero-order valence-electron chi connectivity index (χ0n) is 20.0. The zero-order chi connectivity index (χ0) is 27.6. The van der Waals surface area contributed by atoms with E-state index in [1.807, 2.05) is 0 Å². The number of rotatable bonds is 4. The molecule has 5 aromatic rings. The molecule has 0 aliphatic carbocycles. The van der Waals surface area contributed by atoms with Crippen molar-refractivity contribution >= 4 is 34.0 Å². The monoisotopic (exact) mass is 560 g/mol. The molecule has 4 aromatic heterocycles. The number of methoxy groups -OCH3 is 1. The number of hydrogen-bond donors (Lipinski definition) is 0. The fraction of sp³-hybridized carbons (Fsp3) is 0.200. The third-order valence-electron chi connectivity index (χ3n) is 6.54. The normalized spacial score (nSPS) is 17.4. The van der Waals surface area contributed by atoms with E-state index in [1.54, 1.807) is 0 Å². The summed E-state index contributed by atoms with van der Waals surface area (Å²) in [6.07, 6.45) is -0.985. The number of fused-ring (bicyclic) bond motifs is 2. The van der Waals surface area contributed by atoms with Gasteiger partial charge in [0.2, 0.25) is 5.88 Å². The fourth-order valence-electron chi connectivity index (χ4n) is 4.68. The Morgan fingerprint density at radius 2 is 1.77 bits per heavy atom. The first-order valence-corrected chi connectivity index (χ1v) is 11.9. The molecule has 39 heavy (non-hydrogen) atoms. The summed E-state index contributed by atoms with van der Waals surface area (Å²) in [6, 6.07) is 7.09. The van der Waals surface area contributed by atoms with Gasteiger partial charge in [0.25, 0.3) is 5.56 Å². The molecular formula is C25H17ClF4N6O3. The van der Waals surface area contributed by atoms with Gasteiger partial charge >= 0.3 is 5.69 Å². The summed E-state index contributed by atoms with van der Waals surface area (Å²) in [5.74, 6) is -1.49. The van der Waals surface area contributed by atoms with E-state index in [0.29, 0.717) is 0 Å². The number of anilines is 1. The van der Waals surface area contributed by atoms with Crippen molar-refractivity contribution in [3.8, 4) is 17.4 Å². The van der Waals surface area contributed by atoms with Crippen LogP contribution in [0.5, 0.6) is 5.88 Å². The lowest BCUT2D eigenvalue weighted by atomic mass is 10.2. The fourth-order valence-corrected chi connectivity index (χ4v) is 4.85. The van der Waals surface area contributed by atoms with E-state index in [4.69, 9.17) is 16.3 Å². The highest BCUT2D eigenvalue weighted by Crippen LogP contribution is 2.31. The highest BCUT2D eigenvalue weighted by molar-refractivity contribution is 6.30. The van der Waals surface area contributed by atoms with Crippen LogP contribution in [0.3, 0.4) is 0 Å². The number of ether oxygens (including phenoxy) is 1. The molecule has 0 amide bonds. The Morgan fingerprint density at radius 3 is 2.46 bits per heavy atom. The third kappa shape index (κ3) is 3.92. The van der Waals surface area contributed by atoms with Crippen LogP contribution < -0.4 is 20.9 Å². The Kier molecular flexibility index (Phi) is 5.83. The second kappa shape index (κ2) is 9.12. The van der Waals surface area contributed by atoms with E-state index in [0.717, 1.165) is 27.3 Å². The van der Waals surface area contributed by atoms with Crippen LogP contribution in [0.1, 0.15) is 0 Å². The molecule has 0 saturated carbocycles. The third-order valence-corrected chi connectivity index (χ3v) is 6.83. The molecule has 200 valence electrons. The average molecular weight is 561 g/mol. The van der Waals surface area contributed by atoms with Gasteiger partial charge in [-0.1, -0.05) is 11.6 Å². The van der Waals surface area contributed by atoms with Crippen molar-refractivity contribution < 1.29 is 22.3 Å². The molecule has 1 saturated heterocycles. The topological polar surface area (TPSA) is 86.7 Å². The van der Waals surface area contributed by atoms with Gasteiger partial charge in [-0.05, 0) is 24.3 Å². The lowest BCUT2D eigenvalue weighted by Gasteiger charge is -2.20. The van der Waals surface area contributed by atoms with Crippen LogP contribution in [0.2, 0.25) is 5.02 Å². The molecule has 0 radical (unpaired) electrons. The molecule has 1 aliphatic rings. The molecule has 9 nitrogen and oxygen atoms in total. The van der Waals surface area contributed by atoms with Gasteiger partial charge in [-0.3, -0.25) is 13.8 Å². The van der Waals surface area contributed by atoms with Crippen molar-refractivity contribution in [2.45, 2.75) is 12.3 Å². The quantitative estimate of drug-likeness (QED) is 0.312. The lowest BCUT2D eigenvalue weighted by molar-refractivity contribution is 0.217. The van der Waals surface area contributed by atoms with Crippen molar-refractivity contribution in [2.24, 2.45) is 0 Å². The number of halogens is 5. The van der Waals surface area contributed by atoms with Crippen LogP contribution in [-0.4, -0.2) is 56.0 Å². The first-order chi connectivity index (χ1) is 18.7. The van der Waals surface area contributed by atoms with Crippen LogP contribution in [0, 0.1) is 11.6 Å². The molecule has 1 fully saturated rings. The molecule has 6 rings (SSSR count). The first kappa shape index (κ1) is 24.9. The summed E-state index contributed by atoms with van der Waals surface area (Å²) in [5, 5.41) is -0.455. The number of benzene rings is 1. The van der Waals surface area contributed by atoms with E-state index in [-0.39, 0.29) is 57.9 Å². The number of nitrogens with zero attached hydrogens (tertiary/aromatic N) is 6. The van der Waals surface area contributed by atoms with Gasteiger partial charge in [-0.15, -0.1) is 0 Å². The van der Waals surface area contributed by atoms with Gasteiger partial charge < -0.3 is 9.64 Å². The van der Waals surface area contributed by atoms with E-state index in [9.17, 15) is 27.2 Å². The summed E-state index contributed by atoms with van der Waals surface area (Å²) in [4.78, 5) is 37.6. The Labute approximate surface area is 221 Å². The smallest absolute Gasteiger partial charge is 0.342 e. The Morgan fingerprint density at radius 1 is 1.03 bits per heavy atom. The van der Waals surface area contributed by atoms with Gasteiger partial charge in [0.15, 0.2) is 12.3 Å². The van der Waals surface area contributed by atoms with Crippen LogP contribution in [0.25, 0.3) is 28.1 Å². The molecule has 2 atom stereocenters. The van der Waals surface area contributed by atoms with Crippen molar-refractivity contribution in [1.82, 2.24) is 23.5 Å². The van der Waals surface area contributed by atoms with Gasteiger partial charge in [-0.25, -0.2) is 31.9 Å². The van der Waals surface area contributed by atoms with Crippen LogP contribution in [0.4, 0.5) is 23.4 Å². The number of aromatic nitrogens is 5. The number of hydrogen-bond acceptors (Lipinski definition) is 6. The minimum atomic E-state index is -1.75. The Hall–Kier alpha value is -4.39. The minimum Gasteiger partial charge on any atom is -0.480 e.